The van der Waals surface area contributed by atoms with Crippen molar-refractivity contribution in [2.45, 2.75) is 71.6 Å². The number of aryl methyl sites for hydroxylation is 4. The van der Waals surface area contributed by atoms with Gasteiger partial charge in [0.2, 0.25) is 0 Å². The van der Waals surface area contributed by atoms with Crippen molar-refractivity contribution in [1.82, 2.24) is 0 Å². The molecule has 0 radical (unpaired) electrons. The first-order valence-corrected chi connectivity index (χ1v) is 15.5. The predicted molar refractivity (Wildman–Crippen MR) is 171 cm³/mol. The molecule has 0 spiro atoms. The highest BCUT2D eigenvalue weighted by Gasteiger charge is 2.13. The van der Waals surface area contributed by atoms with Crippen LogP contribution >= 0.6 is 0 Å². The van der Waals surface area contributed by atoms with Crippen molar-refractivity contribution in [1.29, 1.82) is 0 Å². The van der Waals surface area contributed by atoms with Crippen LogP contribution in [0.2, 0.25) is 0 Å². The quantitative estimate of drug-likeness (QED) is 0.0912. The van der Waals surface area contributed by atoms with E-state index in [1.807, 2.05) is 6.07 Å². The number of carbonyl (C=O) groups excluding carboxylic acids is 1. The lowest BCUT2D eigenvalue weighted by atomic mass is 9.92. The first-order chi connectivity index (χ1) is 20.5. The molecule has 226 valence electrons. The maximum atomic E-state index is 11.6. The average Bonchev–Trinajstić information content (AvgIpc) is 3.03. The van der Waals surface area contributed by atoms with Crippen LogP contribution in [0.3, 0.4) is 0 Å². The largest absolute Gasteiger partial charge is 0.493 e. The second kappa shape index (κ2) is 18.2. The molecule has 0 aromatic heterocycles. The number of esters is 1. The summed E-state index contributed by atoms with van der Waals surface area (Å²) in [4.78, 5) is 11.6. The molecule has 0 saturated carbocycles. The predicted octanol–water partition coefficient (Wildman–Crippen LogP) is 7.08. The number of rotatable bonds is 19. The van der Waals surface area contributed by atoms with Gasteiger partial charge in [0.1, 0.15) is 5.75 Å². The Kier molecular flexibility index (Phi) is 14.3. The molecule has 0 amide bonds. The third-order valence-electron chi connectivity index (χ3n) is 7.80. The second-order valence-corrected chi connectivity index (χ2v) is 10.9. The minimum atomic E-state index is -0.450. The summed E-state index contributed by atoms with van der Waals surface area (Å²) < 4.78 is 11.3. The van der Waals surface area contributed by atoms with Gasteiger partial charge in [-0.2, -0.15) is 0 Å². The fourth-order valence-electron chi connectivity index (χ4n) is 5.10. The minimum absolute atomic E-state index is 0.0790. The highest BCUT2D eigenvalue weighted by Crippen LogP contribution is 2.31. The molecule has 0 fully saturated rings. The SMILES string of the molecule is C=CC(=O)OCCc1cc(-c2ccc(CCc3ccc(CCCCC)cc3)cc2CC)ccc1OCCC(CO)CO. The normalized spacial score (nSPS) is 11.1. The van der Waals surface area contributed by atoms with Gasteiger partial charge in [0.25, 0.3) is 0 Å². The highest BCUT2D eigenvalue weighted by molar-refractivity contribution is 5.81. The number of ether oxygens (including phenoxy) is 2. The van der Waals surface area contributed by atoms with Crippen molar-refractivity contribution in [2.24, 2.45) is 5.92 Å². The number of benzene rings is 3. The van der Waals surface area contributed by atoms with Gasteiger partial charge in [-0.3, -0.25) is 0 Å². The third kappa shape index (κ3) is 10.5. The number of hydrogen-bond acceptors (Lipinski definition) is 5. The lowest BCUT2D eigenvalue weighted by molar-refractivity contribution is -0.137. The van der Waals surface area contributed by atoms with Gasteiger partial charge in [-0.05, 0) is 89.6 Å². The third-order valence-corrected chi connectivity index (χ3v) is 7.80. The number of aliphatic hydroxyl groups is 2. The Morgan fingerprint density at radius 3 is 2.17 bits per heavy atom. The van der Waals surface area contributed by atoms with E-state index in [0.29, 0.717) is 25.2 Å². The van der Waals surface area contributed by atoms with E-state index >= 15 is 0 Å². The molecule has 0 bridgehead atoms. The summed E-state index contributed by atoms with van der Waals surface area (Å²) in [6, 6.07) is 22.1. The van der Waals surface area contributed by atoms with Gasteiger partial charge < -0.3 is 19.7 Å². The maximum Gasteiger partial charge on any atom is 0.330 e. The zero-order valence-electron chi connectivity index (χ0n) is 25.4. The van der Waals surface area contributed by atoms with Crippen molar-refractivity contribution in [2.75, 3.05) is 26.4 Å². The fraction of sp³-hybridized carbons (Fsp3) is 0.432. The molecular weight excluding hydrogens is 524 g/mol. The average molecular weight is 573 g/mol. The summed E-state index contributed by atoms with van der Waals surface area (Å²) in [5.41, 5.74) is 8.66. The number of unbranched alkanes of at least 4 members (excludes halogenated alkanes) is 2. The zero-order valence-corrected chi connectivity index (χ0v) is 25.4. The van der Waals surface area contributed by atoms with Gasteiger partial charge >= 0.3 is 5.97 Å². The van der Waals surface area contributed by atoms with Crippen molar-refractivity contribution >= 4 is 5.97 Å². The molecule has 0 aliphatic carbocycles. The summed E-state index contributed by atoms with van der Waals surface area (Å²) in [6.45, 7) is 8.33. The van der Waals surface area contributed by atoms with E-state index in [1.54, 1.807) is 0 Å². The van der Waals surface area contributed by atoms with Crippen LogP contribution in [0.5, 0.6) is 5.75 Å². The minimum Gasteiger partial charge on any atom is -0.493 e. The van der Waals surface area contributed by atoms with E-state index in [4.69, 9.17) is 9.47 Å². The summed E-state index contributed by atoms with van der Waals surface area (Å²) in [5.74, 6) is 0.0602. The summed E-state index contributed by atoms with van der Waals surface area (Å²) in [5, 5.41) is 18.7. The van der Waals surface area contributed by atoms with Crippen LogP contribution in [0, 0.1) is 5.92 Å². The van der Waals surface area contributed by atoms with Crippen LogP contribution in [0.25, 0.3) is 11.1 Å². The Morgan fingerprint density at radius 1 is 0.810 bits per heavy atom. The Hall–Kier alpha value is -3.41. The Bertz CT molecular complexity index is 1240. The number of aliphatic hydroxyl groups excluding tert-OH is 2. The van der Waals surface area contributed by atoms with Crippen molar-refractivity contribution in [3.05, 3.63) is 101 Å². The van der Waals surface area contributed by atoms with Crippen LogP contribution in [-0.4, -0.2) is 42.6 Å². The molecule has 0 aliphatic heterocycles. The molecule has 0 unspecified atom stereocenters. The smallest absolute Gasteiger partial charge is 0.330 e. The van der Waals surface area contributed by atoms with Crippen molar-refractivity contribution in [3.63, 3.8) is 0 Å². The van der Waals surface area contributed by atoms with E-state index < -0.39 is 5.97 Å². The summed E-state index contributed by atoms with van der Waals surface area (Å²) in [6.07, 6.45) is 10.1. The van der Waals surface area contributed by atoms with Crippen LogP contribution < -0.4 is 4.74 Å². The van der Waals surface area contributed by atoms with Gasteiger partial charge in [0.15, 0.2) is 0 Å². The Balaban J connectivity index is 1.73. The van der Waals surface area contributed by atoms with Gasteiger partial charge in [0, 0.05) is 31.6 Å². The van der Waals surface area contributed by atoms with Crippen LogP contribution in [0.4, 0.5) is 0 Å². The lowest BCUT2D eigenvalue weighted by Crippen LogP contribution is -2.15. The molecular formula is C37H48O5. The maximum absolute atomic E-state index is 11.6. The van der Waals surface area contributed by atoms with E-state index in [9.17, 15) is 15.0 Å². The van der Waals surface area contributed by atoms with Gasteiger partial charge in [-0.1, -0.05) is 81.8 Å². The Morgan fingerprint density at radius 2 is 1.50 bits per heavy atom. The molecule has 5 nitrogen and oxygen atoms in total. The fourth-order valence-corrected chi connectivity index (χ4v) is 5.10. The Labute approximate surface area is 252 Å². The molecule has 0 aliphatic rings. The monoisotopic (exact) mass is 572 g/mol. The standard InChI is InChI=1S/C37H48O5/c1-4-7-8-9-28-10-12-29(13-11-28)14-15-30-16-18-35(32(5-2)24-30)33-17-19-36(41-22-20-31(26-38)27-39)34(25-33)21-23-42-37(40)6-3/h6,10-13,16-19,24-25,31,38-39H,3-5,7-9,14-15,20-23,26-27H2,1-2H3. The molecule has 3 aromatic carbocycles. The van der Waals surface area contributed by atoms with Gasteiger partial charge in [-0.25, -0.2) is 4.79 Å². The second-order valence-electron chi connectivity index (χ2n) is 10.9. The van der Waals surface area contributed by atoms with Crippen LogP contribution in [-0.2, 0) is 41.6 Å². The molecule has 0 atom stereocenters. The van der Waals surface area contributed by atoms with Crippen LogP contribution in [0.1, 0.15) is 67.3 Å². The molecule has 0 heterocycles. The van der Waals surface area contributed by atoms with E-state index in [2.05, 4.69) is 75.0 Å². The topological polar surface area (TPSA) is 76.0 Å². The summed E-state index contributed by atoms with van der Waals surface area (Å²) in [7, 11) is 0. The molecule has 0 saturated heterocycles. The molecule has 42 heavy (non-hydrogen) atoms. The van der Waals surface area contributed by atoms with Crippen molar-refractivity contribution < 1.29 is 24.5 Å². The molecule has 3 aromatic rings. The lowest BCUT2D eigenvalue weighted by Gasteiger charge is -2.17. The van der Waals surface area contributed by atoms with E-state index in [-0.39, 0.29) is 25.7 Å². The van der Waals surface area contributed by atoms with E-state index in [1.165, 1.54) is 47.1 Å². The first kappa shape index (κ1) is 33.1. The van der Waals surface area contributed by atoms with E-state index in [0.717, 1.165) is 42.9 Å². The van der Waals surface area contributed by atoms with Gasteiger partial charge in [-0.15, -0.1) is 0 Å². The molecule has 5 heteroatoms. The molecule has 3 rings (SSSR count). The van der Waals surface area contributed by atoms with Crippen molar-refractivity contribution in [3.8, 4) is 16.9 Å². The van der Waals surface area contributed by atoms with Gasteiger partial charge in [0.05, 0.1) is 13.2 Å². The summed E-state index contributed by atoms with van der Waals surface area (Å²) >= 11 is 0. The van der Waals surface area contributed by atoms with Crippen LogP contribution in [0.15, 0.2) is 73.3 Å². The number of hydrogen-bond donors (Lipinski definition) is 2. The number of carbonyl (C=O) groups is 1. The zero-order chi connectivity index (χ0) is 30.2. The highest BCUT2D eigenvalue weighted by atomic mass is 16.5. The molecule has 2 N–H and O–H groups in total. The first-order valence-electron chi connectivity index (χ1n) is 15.5.